The summed E-state index contributed by atoms with van der Waals surface area (Å²) in [5.74, 6) is 1.69. The summed E-state index contributed by atoms with van der Waals surface area (Å²) in [4.78, 5) is 12.1. The van der Waals surface area contributed by atoms with Crippen molar-refractivity contribution in [1.29, 1.82) is 0 Å². The maximum atomic E-state index is 4.90. The molecule has 0 radical (unpaired) electrons. The predicted octanol–water partition coefficient (Wildman–Crippen LogP) is 5.60. The summed E-state index contributed by atoms with van der Waals surface area (Å²) in [6.45, 7) is 7.54. The van der Waals surface area contributed by atoms with Crippen LogP contribution in [-0.4, -0.2) is 16.5 Å². The first-order valence-electron chi connectivity index (χ1n) is 10.2. The number of para-hydroxylation sites is 1. The summed E-state index contributed by atoms with van der Waals surface area (Å²) in [7, 11) is 0. The van der Waals surface area contributed by atoms with Gasteiger partial charge in [-0.25, -0.2) is 4.98 Å². The molecule has 0 saturated carbocycles. The van der Waals surface area contributed by atoms with Gasteiger partial charge in [-0.3, -0.25) is 0 Å². The Balaban J connectivity index is 1.69. The molecule has 1 aliphatic rings. The molecule has 1 atom stereocenters. The fraction of sp³-hybridized carbons (Fsp3) is 0.333. The number of aromatic nitrogens is 2. The zero-order valence-corrected chi connectivity index (χ0v) is 16.9. The smallest absolute Gasteiger partial charge is 0.229 e. The number of benzene rings is 2. The molecule has 3 aromatic rings. The second-order valence-electron chi connectivity index (χ2n) is 7.55. The topological polar surface area (TPSA) is 41.1 Å². The molecule has 1 aliphatic heterocycles. The molecule has 1 unspecified atom stereocenters. The van der Waals surface area contributed by atoms with Crippen molar-refractivity contribution in [3.63, 3.8) is 0 Å². The third-order valence-electron chi connectivity index (χ3n) is 5.55. The van der Waals surface area contributed by atoms with Crippen LogP contribution in [-0.2, 0) is 12.8 Å². The Morgan fingerprint density at radius 2 is 1.86 bits per heavy atom. The van der Waals surface area contributed by atoms with Crippen molar-refractivity contribution in [2.45, 2.75) is 46.1 Å². The minimum Gasteiger partial charge on any atom is -0.349 e. The summed E-state index contributed by atoms with van der Waals surface area (Å²) < 4.78 is 0. The van der Waals surface area contributed by atoms with Gasteiger partial charge in [0.05, 0.1) is 6.04 Å². The lowest BCUT2D eigenvalue weighted by Gasteiger charge is -2.36. The third-order valence-corrected chi connectivity index (χ3v) is 5.55. The van der Waals surface area contributed by atoms with Crippen molar-refractivity contribution in [3.05, 3.63) is 77.0 Å². The molecule has 0 aliphatic carbocycles. The molecule has 0 bridgehead atoms. The normalized spacial score (nSPS) is 16.0. The van der Waals surface area contributed by atoms with E-state index in [-0.39, 0.29) is 0 Å². The number of nitrogens with one attached hydrogen (secondary N) is 1. The quantitative estimate of drug-likeness (QED) is 0.632. The first-order chi connectivity index (χ1) is 13.7. The minimum absolute atomic E-state index is 0.306. The van der Waals surface area contributed by atoms with Gasteiger partial charge in [0, 0.05) is 24.0 Å². The van der Waals surface area contributed by atoms with Crippen LogP contribution in [0.5, 0.6) is 0 Å². The maximum Gasteiger partial charge on any atom is 0.229 e. The van der Waals surface area contributed by atoms with E-state index in [2.05, 4.69) is 73.5 Å². The number of fused-ring (bicyclic) bond motifs is 1. The van der Waals surface area contributed by atoms with Crippen molar-refractivity contribution in [1.82, 2.24) is 9.97 Å². The predicted molar refractivity (Wildman–Crippen MR) is 116 cm³/mol. The van der Waals surface area contributed by atoms with E-state index >= 15 is 0 Å². The fourth-order valence-electron chi connectivity index (χ4n) is 3.99. The van der Waals surface area contributed by atoms with Crippen LogP contribution >= 0.6 is 0 Å². The summed E-state index contributed by atoms with van der Waals surface area (Å²) in [5.41, 5.74) is 6.19. The molecule has 4 nitrogen and oxygen atoms in total. The Morgan fingerprint density at radius 1 is 1.07 bits per heavy atom. The number of hydrogen-bond acceptors (Lipinski definition) is 4. The molecule has 2 aromatic carbocycles. The van der Waals surface area contributed by atoms with E-state index in [4.69, 9.17) is 9.97 Å². The molecule has 0 saturated heterocycles. The lowest BCUT2D eigenvalue weighted by atomic mass is 9.93. The van der Waals surface area contributed by atoms with Crippen LogP contribution < -0.4 is 10.2 Å². The molecule has 144 valence electrons. The SMILES string of the molecule is CCCc1cc(N2CCc3ccccc3C2C)nc(Nc2ccccc2C)n1. The molecule has 1 N–H and O–H groups in total. The van der Waals surface area contributed by atoms with Gasteiger partial charge in [0.2, 0.25) is 5.95 Å². The van der Waals surface area contributed by atoms with Crippen LogP contribution in [0.25, 0.3) is 0 Å². The van der Waals surface area contributed by atoms with Crippen LogP contribution in [0.4, 0.5) is 17.5 Å². The van der Waals surface area contributed by atoms with E-state index in [1.165, 1.54) is 16.7 Å². The minimum atomic E-state index is 0.306. The van der Waals surface area contributed by atoms with Gasteiger partial charge in [0.25, 0.3) is 0 Å². The highest BCUT2D eigenvalue weighted by atomic mass is 15.2. The molecule has 1 aromatic heterocycles. The molecule has 0 amide bonds. The maximum absolute atomic E-state index is 4.90. The standard InChI is InChI=1S/C24H28N4/c1-4-9-20-16-23(27-24(25-20)26-22-13-8-5-10-17(22)2)28-15-14-19-11-6-7-12-21(19)18(28)3/h5-8,10-13,16,18H,4,9,14-15H2,1-3H3,(H,25,26,27). The van der Waals surface area contributed by atoms with E-state index < -0.39 is 0 Å². The van der Waals surface area contributed by atoms with Crippen molar-refractivity contribution in [3.8, 4) is 0 Å². The number of hydrogen-bond donors (Lipinski definition) is 1. The Bertz CT molecular complexity index is 966. The first-order valence-corrected chi connectivity index (χ1v) is 10.2. The zero-order valence-electron chi connectivity index (χ0n) is 16.9. The Morgan fingerprint density at radius 3 is 2.68 bits per heavy atom. The van der Waals surface area contributed by atoms with Gasteiger partial charge in [0.1, 0.15) is 5.82 Å². The second kappa shape index (κ2) is 8.01. The van der Waals surface area contributed by atoms with Crippen LogP contribution in [0.15, 0.2) is 54.6 Å². The van der Waals surface area contributed by atoms with E-state index in [0.717, 1.165) is 43.0 Å². The molecular formula is C24H28N4. The molecule has 4 heteroatoms. The van der Waals surface area contributed by atoms with Crippen molar-refractivity contribution >= 4 is 17.5 Å². The lowest BCUT2D eigenvalue weighted by molar-refractivity contribution is 0.616. The third kappa shape index (κ3) is 3.72. The average Bonchev–Trinajstić information content (AvgIpc) is 2.70. The summed E-state index contributed by atoms with van der Waals surface area (Å²) in [6.07, 6.45) is 3.07. The largest absolute Gasteiger partial charge is 0.349 e. The van der Waals surface area contributed by atoms with Crippen LogP contribution in [0.3, 0.4) is 0 Å². The van der Waals surface area contributed by atoms with Crippen molar-refractivity contribution in [2.75, 3.05) is 16.8 Å². The van der Waals surface area contributed by atoms with Gasteiger partial charge >= 0.3 is 0 Å². The lowest BCUT2D eigenvalue weighted by Crippen LogP contribution is -2.34. The Hall–Kier alpha value is -2.88. The summed E-state index contributed by atoms with van der Waals surface area (Å²) >= 11 is 0. The van der Waals surface area contributed by atoms with Gasteiger partial charge in [-0.15, -0.1) is 0 Å². The van der Waals surface area contributed by atoms with Crippen molar-refractivity contribution < 1.29 is 0 Å². The fourth-order valence-corrected chi connectivity index (χ4v) is 3.99. The monoisotopic (exact) mass is 372 g/mol. The molecule has 28 heavy (non-hydrogen) atoms. The van der Waals surface area contributed by atoms with E-state index in [1.54, 1.807) is 0 Å². The highest BCUT2D eigenvalue weighted by Gasteiger charge is 2.25. The van der Waals surface area contributed by atoms with Gasteiger partial charge in [-0.1, -0.05) is 55.8 Å². The highest BCUT2D eigenvalue weighted by Crippen LogP contribution is 2.33. The number of nitrogens with zero attached hydrogens (tertiary/aromatic N) is 3. The summed E-state index contributed by atoms with van der Waals surface area (Å²) in [6, 6.07) is 19.5. The van der Waals surface area contributed by atoms with E-state index in [9.17, 15) is 0 Å². The van der Waals surface area contributed by atoms with Crippen LogP contribution in [0.2, 0.25) is 0 Å². The Labute approximate surface area is 167 Å². The second-order valence-corrected chi connectivity index (χ2v) is 7.55. The molecule has 0 fully saturated rings. The molecule has 2 heterocycles. The number of anilines is 3. The van der Waals surface area contributed by atoms with Crippen molar-refractivity contribution in [2.24, 2.45) is 0 Å². The highest BCUT2D eigenvalue weighted by molar-refractivity contribution is 5.60. The summed E-state index contributed by atoms with van der Waals surface area (Å²) in [5, 5.41) is 3.44. The van der Waals surface area contributed by atoms with Crippen LogP contribution in [0.1, 0.15) is 48.7 Å². The number of rotatable bonds is 5. The molecule has 4 rings (SSSR count). The zero-order chi connectivity index (χ0) is 19.5. The average molecular weight is 373 g/mol. The van der Waals surface area contributed by atoms with Gasteiger partial charge in [-0.05, 0) is 49.4 Å². The Kier molecular flexibility index (Phi) is 5.29. The van der Waals surface area contributed by atoms with E-state index in [0.29, 0.717) is 12.0 Å². The van der Waals surface area contributed by atoms with Gasteiger partial charge in [0.15, 0.2) is 0 Å². The molecule has 0 spiro atoms. The van der Waals surface area contributed by atoms with E-state index in [1.807, 2.05) is 12.1 Å². The first kappa shape index (κ1) is 18.5. The molecular weight excluding hydrogens is 344 g/mol. The van der Waals surface area contributed by atoms with Crippen LogP contribution in [0, 0.1) is 6.92 Å². The van der Waals surface area contributed by atoms with Gasteiger partial charge < -0.3 is 10.2 Å². The van der Waals surface area contributed by atoms with Gasteiger partial charge in [-0.2, -0.15) is 4.98 Å². The number of aryl methyl sites for hydroxylation is 2.